The number of carboxylic acids is 1. The van der Waals surface area contributed by atoms with Gasteiger partial charge in [0.25, 0.3) is 5.91 Å². The summed E-state index contributed by atoms with van der Waals surface area (Å²) in [7, 11) is 0. The molecule has 0 saturated heterocycles. The molecule has 1 amide bonds. The monoisotopic (exact) mass is 291 g/mol. The van der Waals surface area contributed by atoms with E-state index < -0.39 is 5.97 Å². The second kappa shape index (κ2) is 6.61. The van der Waals surface area contributed by atoms with Crippen LogP contribution in [0.3, 0.4) is 0 Å². The molecule has 0 aromatic heterocycles. The molecule has 0 heterocycles. The largest absolute Gasteiger partial charge is 0.483 e. The normalized spacial score (nSPS) is 21.0. The molecule has 2 N–H and O–H groups in total. The van der Waals surface area contributed by atoms with Crippen LogP contribution in [-0.4, -0.2) is 29.6 Å². The van der Waals surface area contributed by atoms with Crippen LogP contribution in [0, 0.1) is 19.8 Å². The van der Waals surface area contributed by atoms with Gasteiger partial charge < -0.3 is 15.2 Å². The molecule has 2 unspecified atom stereocenters. The summed E-state index contributed by atoms with van der Waals surface area (Å²) in [6.45, 7) is 3.91. The molecule has 114 valence electrons. The Hall–Kier alpha value is -2.04. The van der Waals surface area contributed by atoms with Crippen LogP contribution in [0.2, 0.25) is 0 Å². The average Bonchev–Trinajstić information content (AvgIpc) is 2.89. The third-order valence-electron chi connectivity index (χ3n) is 4.06. The molecule has 5 heteroatoms. The maximum atomic E-state index is 11.9. The summed E-state index contributed by atoms with van der Waals surface area (Å²) in [5.41, 5.74) is 2.14. The van der Waals surface area contributed by atoms with Crippen LogP contribution >= 0.6 is 0 Å². The Morgan fingerprint density at radius 3 is 2.76 bits per heavy atom. The first-order chi connectivity index (χ1) is 9.97. The summed E-state index contributed by atoms with van der Waals surface area (Å²) in [6, 6.07) is 5.67. The first kappa shape index (κ1) is 15.4. The molecule has 21 heavy (non-hydrogen) atoms. The Kier molecular flexibility index (Phi) is 4.83. The van der Waals surface area contributed by atoms with Crippen molar-refractivity contribution in [3.8, 4) is 5.75 Å². The van der Waals surface area contributed by atoms with Gasteiger partial charge in [-0.15, -0.1) is 0 Å². The fourth-order valence-corrected chi connectivity index (χ4v) is 2.63. The number of nitrogens with one attached hydrogen (secondary N) is 1. The Balaban J connectivity index is 1.80. The summed E-state index contributed by atoms with van der Waals surface area (Å²) in [4.78, 5) is 22.7. The first-order valence-corrected chi connectivity index (χ1v) is 7.18. The van der Waals surface area contributed by atoms with E-state index in [-0.39, 0.29) is 24.5 Å². The van der Waals surface area contributed by atoms with Gasteiger partial charge in [-0.1, -0.05) is 12.1 Å². The van der Waals surface area contributed by atoms with Crippen LogP contribution in [0.5, 0.6) is 5.75 Å². The lowest BCUT2D eigenvalue weighted by molar-refractivity contribution is -0.141. The molecule has 5 nitrogen and oxygen atoms in total. The van der Waals surface area contributed by atoms with E-state index in [1.165, 1.54) is 0 Å². The lowest BCUT2D eigenvalue weighted by Crippen LogP contribution is -2.36. The van der Waals surface area contributed by atoms with Crippen LogP contribution < -0.4 is 10.1 Å². The highest BCUT2D eigenvalue weighted by molar-refractivity contribution is 5.78. The van der Waals surface area contributed by atoms with Crippen LogP contribution in [-0.2, 0) is 9.59 Å². The molecule has 1 aliphatic carbocycles. The van der Waals surface area contributed by atoms with Gasteiger partial charge in [0.2, 0.25) is 0 Å². The molecule has 1 saturated carbocycles. The molecule has 1 fully saturated rings. The highest BCUT2D eigenvalue weighted by Crippen LogP contribution is 2.25. The van der Waals surface area contributed by atoms with Crippen molar-refractivity contribution in [2.24, 2.45) is 5.92 Å². The molecular weight excluding hydrogens is 270 g/mol. The molecule has 2 rings (SSSR count). The Morgan fingerprint density at radius 1 is 1.33 bits per heavy atom. The van der Waals surface area contributed by atoms with Gasteiger partial charge in [-0.2, -0.15) is 0 Å². The van der Waals surface area contributed by atoms with Gasteiger partial charge in [0.1, 0.15) is 5.75 Å². The number of carbonyl (C=O) groups is 2. The quantitative estimate of drug-likeness (QED) is 0.870. The average molecular weight is 291 g/mol. The minimum atomic E-state index is -0.779. The smallest absolute Gasteiger partial charge is 0.306 e. The van der Waals surface area contributed by atoms with E-state index in [4.69, 9.17) is 9.84 Å². The lowest BCUT2D eigenvalue weighted by Gasteiger charge is -2.14. The summed E-state index contributed by atoms with van der Waals surface area (Å²) in [6.07, 6.45) is 1.84. The van der Waals surface area contributed by atoms with E-state index in [9.17, 15) is 9.59 Å². The summed E-state index contributed by atoms with van der Waals surface area (Å²) < 4.78 is 5.54. The highest BCUT2D eigenvalue weighted by atomic mass is 16.5. The van der Waals surface area contributed by atoms with E-state index in [0.717, 1.165) is 11.1 Å². The Morgan fingerprint density at radius 2 is 2.10 bits per heavy atom. The zero-order valence-electron chi connectivity index (χ0n) is 12.4. The molecule has 0 spiro atoms. The predicted octanol–water partition coefficient (Wildman–Crippen LogP) is 2.05. The van der Waals surface area contributed by atoms with E-state index in [2.05, 4.69) is 5.32 Å². The van der Waals surface area contributed by atoms with Crippen molar-refractivity contribution >= 4 is 11.9 Å². The van der Waals surface area contributed by atoms with Crippen LogP contribution in [0.4, 0.5) is 0 Å². The van der Waals surface area contributed by atoms with Gasteiger partial charge in [-0.3, -0.25) is 9.59 Å². The van der Waals surface area contributed by atoms with E-state index in [1.54, 1.807) is 0 Å². The number of rotatable bonds is 5. The molecule has 0 bridgehead atoms. The molecule has 0 radical (unpaired) electrons. The van der Waals surface area contributed by atoms with Crippen molar-refractivity contribution in [3.63, 3.8) is 0 Å². The number of carboxylic acid groups (broad SMARTS) is 1. The topological polar surface area (TPSA) is 75.6 Å². The van der Waals surface area contributed by atoms with Gasteiger partial charge in [-0.25, -0.2) is 0 Å². The summed E-state index contributed by atoms with van der Waals surface area (Å²) in [5.74, 6) is -0.611. The zero-order valence-corrected chi connectivity index (χ0v) is 12.4. The SMILES string of the molecule is Cc1cccc(OCC(=O)NC2CCC(C(=O)O)C2)c1C. The number of aryl methyl sites for hydroxylation is 1. The highest BCUT2D eigenvalue weighted by Gasteiger charge is 2.30. The third-order valence-corrected chi connectivity index (χ3v) is 4.06. The fraction of sp³-hybridized carbons (Fsp3) is 0.500. The fourth-order valence-electron chi connectivity index (χ4n) is 2.63. The van der Waals surface area contributed by atoms with Crippen molar-refractivity contribution < 1.29 is 19.4 Å². The molecule has 2 atom stereocenters. The lowest BCUT2D eigenvalue weighted by atomic mass is 10.1. The van der Waals surface area contributed by atoms with Gasteiger partial charge in [0.15, 0.2) is 6.61 Å². The van der Waals surface area contributed by atoms with Gasteiger partial charge in [0, 0.05) is 6.04 Å². The van der Waals surface area contributed by atoms with Crippen molar-refractivity contribution in [2.75, 3.05) is 6.61 Å². The summed E-state index contributed by atoms with van der Waals surface area (Å²) in [5, 5.41) is 11.8. The zero-order chi connectivity index (χ0) is 15.4. The minimum absolute atomic E-state index is 0.0431. The van der Waals surface area contributed by atoms with Crippen LogP contribution in [0.15, 0.2) is 18.2 Å². The van der Waals surface area contributed by atoms with Crippen LogP contribution in [0.25, 0.3) is 0 Å². The van der Waals surface area contributed by atoms with Crippen molar-refractivity contribution in [3.05, 3.63) is 29.3 Å². The predicted molar refractivity (Wildman–Crippen MR) is 78.3 cm³/mol. The van der Waals surface area contributed by atoms with Crippen molar-refractivity contribution in [2.45, 2.75) is 39.2 Å². The van der Waals surface area contributed by atoms with E-state index in [0.29, 0.717) is 25.0 Å². The number of aliphatic carboxylic acids is 1. The van der Waals surface area contributed by atoms with Crippen molar-refractivity contribution in [1.82, 2.24) is 5.32 Å². The molecule has 1 aliphatic rings. The second-order valence-corrected chi connectivity index (χ2v) is 5.60. The third kappa shape index (κ3) is 3.97. The number of ether oxygens (including phenoxy) is 1. The minimum Gasteiger partial charge on any atom is -0.483 e. The molecule has 1 aromatic rings. The maximum Gasteiger partial charge on any atom is 0.306 e. The Bertz CT molecular complexity index is 541. The van der Waals surface area contributed by atoms with Crippen molar-refractivity contribution in [1.29, 1.82) is 0 Å². The number of benzene rings is 1. The number of hydrogen-bond acceptors (Lipinski definition) is 3. The second-order valence-electron chi connectivity index (χ2n) is 5.60. The first-order valence-electron chi connectivity index (χ1n) is 7.18. The molecule has 0 aliphatic heterocycles. The number of amides is 1. The number of carbonyl (C=O) groups excluding carboxylic acids is 1. The van der Waals surface area contributed by atoms with Gasteiger partial charge in [-0.05, 0) is 50.3 Å². The molecule has 1 aromatic carbocycles. The van der Waals surface area contributed by atoms with Crippen LogP contribution in [0.1, 0.15) is 30.4 Å². The van der Waals surface area contributed by atoms with E-state index >= 15 is 0 Å². The maximum absolute atomic E-state index is 11.9. The Labute approximate surface area is 124 Å². The van der Waals surface area contributed by atoms with E-state index in [1.807, 2.05) is 32.0 Å². The standard InChI is InChI=1S/C16H21NO4/c1-10-4-3-5-14(11(10)2)21-9-15(18)17-13-7-6-12(8-13)16(19)20/h3-5,12-13H,6-9H2,1-2H3,(H,17,18)(H,19,20). The van der Waals surface area contributed by atoms with Gasteiger partial charge in [0.05, 0.1) is 5.92 Å². The van der Waals surface area contributed by atoms with Gasteiger partial charge >= 0.3 is 5.97 Å². The summed E-state index contributed by atoms with van der Waals surface area (Å²) >= 11 is 0. The molecular formula is C16H21NO4. The number of hydrogen-bond donors (Lipinski definition) is 2.